The van der Waals surface area contributed by atoms with E-state index in [1.165, 1.54) is 19.3 Å². The molecule has 0 aromatic rings. The van der Waals surface area contributed by atoms with Gasteiger partial charge in [-0.25, -0.2) is 0 Å². The zero-order valence-corrected chi connectivity index (χ0v) is 11.8. The lowest BCUT2D eigenvalue weighted by atomic mass is 9.94. The second-order valence-electron chi connectivity index (χ2n) is 4.64. The summed E-state index contributed by atoms with van der Waals surface area (Å²) < 4.78 is 11.5. The fourth-order valence-corrected chi connectivity index (χ4v) is 3.49. The molecule has 0 heterocycles. The van der Waals surface area contributed by atoms with E-state index >= 15 is 0 Å². The highest BCUT2D eigenvalue weighted by atomic mass is 31.2. The van der Waals surface area contributed by atoms with E-state index in [9.17, 15) is 14.4 Å². The molecule has 0 aromatic heterocycles. The SMILES string of the molecule is CCCCCCCC(CC)(CC)P(=O)(O)O. The van der Waals surface area contributed by atoms with E-state index in [0.29, 0.717) is 19.3 Å². The zero-order chi connectivity index (χ0) is 12.7. The quantitative estimate of drug-likeness (QED) is 0.479. The van der Waals surface area contributed by atoms with Crippen molar-refractivity contribution in [1.82, 2.24) is 0 Å². The smallest absolute Gasteiger partial charge is 0.324 e. The van der Waals surface area contributed by atoms with Gasteiger partial charge in [0.15, 0.2) is 0 Å². The summed E-state index contributed by atoms with van der Waals surface area (Å²) in [6.45, 7) is 5.93. The Labute approximate surface area is 99.8 Å². The molecule has 0 rings (SSSR count). The van der Waals surface area contributed by atoms with Crippen LogP contribution in [0.5, 0.6) is 0 Å². The van der Waals surface area contributed by atoms with Crippen LogP contribution in [0.2, 0.25) is 0 Å². The van der Waals surface area contributed by atoms with Crippen LogP contribution < -0.4 is 0 Å². The number of rotatable bonds is 9. The molecule has 3 nitrogen and oxygen atoms in total. The van der Waals surface area contributed by atoms with Crippen molar-refractivity contribution < 1.29 is 14.4 Å². The van der Waals surface area contributed by atoms with Gasteiger partial charge in [-0.1, -0.05) is 52.9 Å². The highest BCUT2D eigenvalue weighted by Crippen LogP contribution is 2.57. The van der Waals surface area contributed by atoms with Crippen LogP contribution in [0.25, 0.3) is 0 Å². The maximum Gasteiger partial charge on any atom is 0.331 e. The van der Waals surface area contributed by atoms with Crippen molar-refractivity contribution in [3.8, 4) is 0 Å². The molecule has 0 spiro atoms. The maximum atomic E-state index is 11.5. The zero-order valence-electron chi connectivity index (χ0n) is 10.9. The molecular weight excluding hydrogens is 223 g/mol. The van der Waals surface area contributed by atoms with Crippen molar-refractivity contribution in [1.29, 1.82) is 0 Å². The minimum atomic E-state index is -3.96. The van der Waals surface area contributed by atoms with Crippen LogP contribution in [0.1, 0.15) is 72.1 Å². The molecule has 0 amide bonds. The first-order chi connectivity index (χ1) is 7.43. The fourth-order valence-electron chi connectivity index (χ4n) is 2.22. The third kappa shape index (κ3) is 4.57. The Balaban J connectivity index is 4.19. The van der Waals surface area contributed by atoms with Crippen LogP contribution >= 0.6 is 7.60 Å². The molecule has 0 saturated carbocycles. The molecule has 0 bridgehead atoms. The van der Waals surface area contributed by atoms with Gasteiger partial charge in [0.1, 0.15) is 0 Å². The first-order valence-electron chi connectivity index (χ1n) is 6.49. The molecule has 0 aliphatic heterocycles. The standard InChI is InChI=1S/C12H27O3P/c1-4-7-8-9-10-11-12(5-2,6-3)16(13,14)15/h4-11H2,1-3H3,(H2,13,14,15). The van der Waals surface area contributed by atoms with E-state index in [1.54, 1.807) is 0 Å². The highest BCUT2D eigenvalue weighted by Gasteiger charge is 2.42. The summed E-state index contributed by atoms with van der Waals surface area (Å²) in [6.07, 6.45) is 7.44. The minimum Gasteiger partial charge on any atom is -0.324 e. The van der Waals surface area contributed by atoms with Gasteiger partial charge < -0.3 is 9.79 Å². The average Bonchev–Trinajstić information content (AvgIpc) is 2.22. The monoisotopic (exact) mass is 250 g/mol. The lowest BCUT2D eigenvalue weighted by molar-refractivity contribution is 0.300. The Morgan fingerprint density at radius 1 is 0.938 bits per heavy atom. The van der Waals surface area contributed by atoms with Crippen LogP contribution in [0.3, 0.4) is 0 Å². The first kappa shape index (κ1) is 16.1. The van der Waals surface area contributed by atoms with Gasteiger partial charge in [-0.3, -0.25) is 4.57 Å². The molecule has 0 fully saturated rings. The predicted molar refractivity (Wildman–Crippen MR) is 68.7 cm³/mol. The topological polar surface area (TPSA) is 57.5 Å². The molecule has 0 aliphatic rings. The molecule has 0 radical (unpaired) electrons. The van der Waals surface area contributed by atoms with Gasteiger partial charge in [0.25, 0.3) is 0 Å². The second kappa shape index (κ2) is 7.47. The fraction of sp³-hybridized carbons (Fsp3) is 1.00. The van der Waals surface area contributed by atoms with Gasteiger partial charge in [-0.05, 0) is 19.3 Å². The molecule has 16 heavy (non-hydrogen) atoms. The van der Waals surface area contributed by atoms with Crippen LogP contribution in [-0.2, 0) is 4.57 Å². The van der Waals surface area contributed by atoms with Crippen LogP contribution in [-0.4, -0.2) is 14.9 Å². The normalized spacial score (nSPS) is 13.1. The lowest BCUT2D eigenvalue weighted by Crippen LogP contribution is -2.27. The van der Waals surface area contributed by atoms with E-state index in [0.717, 1.165) is 12.8 Å². The summed E-state index contributed by atoms with van der Waals surface area (Å²) >= 11 is 0. The molecule has 0 aromatic carbocycles. The van der Waals surface area contributed by atoms with E-state index in [1.807, 2.05) is 13.8 Å². The molecule has 2 N–H and O–H groups in total. The molecule has 4 heteroatoms. The third-order valence-corrected chi connectivity index (χ3v) is 5.77. The van der Waals surface area contributed by atoms with Gasteiger partial charge in [0.05, 0.1) is 5.16 Å². The lowest BCUT2D eigenvalue weighted by Gasteiger charge is -2.32. The molecule has 0 aliphatic carbocycles. The Morgan fingerprint density at radius 2 is 1.44 bits per heavy atom. The predicted octanol–water partition coefficient (Wildman–Crippen LogP) is 4.08. The van der Waals surface area contributed by atoms with E-state index in [2.05, 4.69) is 6.92 Å². The van der Waals surface area contributed by atoms with Crippen LogP contribution in [0.15, 0.2) is 0 Å². The summed E-state index contributed by atoms with van der Waals surface area (Å²) in [7, 11) is -3.96. The largest absolute Gasteiger partial charge is 0.331 e. The summed E-state index contributed by atoms with van der Waals surface area (Å²) in [5, 5.41) is -0.765. The minimum absolute atomic E-state index is 0.571. The van der Waals surface area contributed by atoms with Gasteiger partial charge in [0, 0.05) is 0 Å². The van der Waals surface area contributed by atoms with E-state index in [-0.39, 0.29) is 0 Å². The van der Waals surface area contributed by atoms with Crippen LogP contribution in [0, 0.1) is 0 Å². The van der Waals surface area contributed by atoms with Crippen molar-refractivity contribution in [3.63, 3.8) is 0 Å². The molecule has 0 saturated heterocycles. The van der Waals surface area contributed by atoms with Crippen molar-refractivity contribution in [2.24, 2.45) is 0 Å². The summed E-state index contributed by atoms with van der Waals surface area (Å²) in [5.41, 5.74) is 0. The summed E-state index contributed by atoms with van der Waals surface area (Å²) in [4.78, 5) is 18.9. The Morgan fingerprint density at radius 3 is 1.81 bits per heavy atom. The van der Waals surface area contributed by atoms with E-state index in [4.69, 9.17) is 0 Å². The van der Waals surface area contributed by atoms with Crippen molar-refractivity contribution in [2.75, 3.05) is 0 Å². The molecule has 98 valence electrons. The van der Waals surface area contributed by atoms with Gasteiger partial charge in [0.2, 0.25) is 0 Å². The molecule has 0 atom stereocenters. The number of hydrogen-bond donors (Lipinski definition) is 2. The average molecular weight is 250 g/mol. The Kier molecular flexibility index (Phi) is 7.54. The van der Waals surface area contributed by atoms with Gasteiger partial charge >= 0.3 is 7.60 Å². The molecular formula is C12H27O3P. The summed E-state index contributed by atoms with van der Waals surface area (Å²) in [6, 6.07) is 0. The first-order valence-corrected chi connectivity index (χ1v) is 8.10. The van der Waals surface area contributed by atoms with Crippen LogP contribution in [0.4, 0.5) is 0 Å². The maximum absolute atomic E-state index is 11.5. The molecule has 0 unspecified atom stereocenters. The van der Waals surface area contributed by atoms with Gasteiger partial charge in [-0.15, -0.1) is 0 Å². The second-order valence-corrected chi connectivity index (χ2v) is 6.68. The van der Waals surface area contributed by atoms with Crippen molar-refractivity contribution in [2.45, 2.75) is 77.3 Å². The van der Waals surface area contributed by atoms with E-state index < -0.39 is 12.8 Å². The number of hydrogen-bond acceptors (Lipinski definition) is 1. The van der Waals surface area contributed by atoms with Gasteiger partial charge in [-0.2, -0.15) is 0 Å². The highest BCUT2D eigenvalue weighted by molar-refractivity contribution is 7.53. The third-order valence-electron chi connectivity index (χ3n) is 3.68. The number of unbranched alkanes of at least 4 members (excludes halogenated alkanes) is 4. The van der Waals surface area contributed by atoms with Crippen molar-refractivity contribution in [3.05, 3.63) is 0 Å². The Bertz CT molecular complexity index is 218. The van der Waals surface area contributed by atoms with Crippen molar-refractivity contribution >= 4 is 7.60 Å². The summed E-state index contributed by atoms with van der Waals surface area (Å²) in [5.74, 6) is 0. The Hall–Kier alpha value is 0.150.